The molecule has 0 fully saturated rings. The SMILES string of the molecule is C1=Cc2c(nc(-c3ccc(-c4c5ccccc5n5c6ccccc6n6c(-c7ccccc7)c(-c7ccccc7)nc6c45)cc3)n2-c2ccccc2)CC1. The Hall–Kier alpha value is -6.98. The lowest BCUT2D eigenvalue weighted by Gasteiger charge is -2.13. The number of fused-ring (bicyclic) bond motifs is 9. The van der Waals surface area contributed by atoms with Crippen molar-refractivity contribution in [3.63, 3.8) is 0 Å². The van der Waals surface area contributed by atoms with Crippen LogP contribution in [0.15, 0.2) is 170 Å². The first-order valence-corrected chi connectivity index (χ1v) is 18.2. The second-order valence-electron chi connectivity index (χ2n) is 13.7. The molecule has 11 rings (SSSR count). The average Bonchev–Trinajstić information content (AvgIpc) is 3.93. The summed E-state index contributed by atoms with van der Waals surface area (Å²) in [6, 6.07) is 58.3. The van der Waals surface area contributed by atoms with Crippen LogP contribution in [0.2, 0.25) is 0 Å². The Balaban J connectivity index is 1.21. The second kappa shape index (κ2) is 11.8. The van der Waals surface area contributed by atoms with Crippen molar-refractivity contribution in [3.8, 4) is 50.7 Å². The molecule has 250 valence electrons. The zero-order chi connectivity index (χ0) is 34.9. The molecule has 10 aromatic rings. The third kappa shape index (κ3) is 4.50. The second-order valence-corrected chi connectivity index (χ2v) is 13.7. The molecule has 0 radical (unpaired) electrons. The van der Waals surface area contributed by atoms with Crippen LogP contribution in [0.4, 0.5) is 0 Å². The third-order valence-electron chi connectivity index (χ3n) is 10.7. The minimum Gasteiger partial charge on any atom is -0.304 e. The van der Waals surface area contributed by atoms with Crippen molar-refractivity contribution in [2.45, 2.75) is 12.8 Å². The maximum Gasteiger partial charge on any atom is 0.163 e. The predicted molar refractivity (Wildman–Crippen MR) is 217 cm³/mol. The summed E-state index contributed by atoms with van der Waals surface area (Å²) >= 11 is 0. The summed E-state index contributed by atoms with van der Waals surface area (Å²) in [6.07, 6.45) is 6.44. The smallest absolute Gasteiger partial charge is 0.163 e. The molecule has 4 aromatic heterocycles. The topological polar surface area (TPSA) is 39.5 Å². The van der Waals surface area contributed by atoms with E-state index in [9.17, 15) is 0 Å². The van der Waals surface area contributed by atoms with Crippen LogP contribution in [-0.4, -0.2) is 23.3 Å². The molecular formula is C48H33N5. The summed E-state index contributed by atoms with van der Waals surface area (Å²) in [6.45, 7) is 0. The van der Waals surface area contributed by atoms with E-state index in [4.69, 9.17) is 9.97 Å². The summed E-state index contributed by atoms with van der Waals surface area (Å²) in [7, 11) is 0. The van der Waals surface area contributed by atoms with Gasteiger partial charge in [-0.15, -0.1) is 0 Å². The summed E-state index contributed by atoms with van der Waals surface area (Å²) < 4.78 is 7.11. The fourth-order valence-corrected chi connectivity index (χ4v) is 8.38. The number of aryl methyl sites for hydroxylation is 1. The summed E-state index contributed by atoms with van der Waals surface area (Å²) in [5.74, 6) is 0.965. The van der Waals surface area contributed by atoms with Gasteiger partial charge in [-0.05, 0) is 54.8 Å². The first-order chi connectivity index (χ1) is 26.3. The molecule has 0 amide bonds. The van der Waals surface area contributed by atoms with Crippen LogP contribution in [0.25, 0.3) is 89.9 Å². The number of nitrogens with zero attached hydrogens (tertiary/aromatic N) is 5. The Morgan fingerprint density at radius 1 is 0.491 bits per heavy atom. The van der Waals surface area contributed by atoms with E-state index in [1.165, 1.54) is 16.6 Å². The van der Waals surface area contributed by atoms with Gasteiger partial charge < -0.3 is 4.40 Å². The third-order valence-corrected chi connectivity index (χ3v) is 10.7. The van der Waals surface area contributed by atoms with Crippen molar-refractivity contribution in [2.24, 2.45) is 0 Å². The van der Waals surface area contributed by atoms with Gasteiger partial charge in [0.1, 0.15) is 5.82 Å². The van der Waals surface area contributed by atoms with Gasteiger partial charge in [0.2, 0.25) is 0 Å². The Labute approximate surface area is 306 Å². The van der Waals surface area contributed by atoms with Crippen molar-refractivity contribution in [3.05, 3.63) is 181 Å². The molecule has 0 unspecified atom stereocenters. The molecule has 0 aliphatic heterocycles. The van der Waals surface area contributed by atoms with Crippen LogP contribution in [0.1, 0.15) is 17.8 Å². The molecule has 1 aliphatic rings. The summed E-state index contributed by atoms with van der Waals surface area (Å²) in [5.41, 5.74) is 16.5. The van der Waals surface area contributed by atoms with E-state index in [-0.39, 0.29) is 0 Å². The first kappa shape index (κ1) is 29.7. The molecule has 1 aliphatic carbocycles. The maximum absolute atomic E-state index is 5.59. The molecule has 6 aromatic carbocycles. The number of aromatic nitrogens is 5. The number of benzene rings is 6. The van der Waals surface area contributed by atoms with Gasteiger partial charge in [-0.2, -0.15) is 0 Å². The van der Waals surface area contributed by atoms with E-state index < -0.39 is 0 Å². The Morgan fingerprint density at radius 2 is 1.09 bits per heavy atom. The van der Waals surface area contributed by atoms with Crippen LogP contribution in [0.5, 0.6) is 0 Å². The predicted octanol–water partition coefficient (Wildman–Crippen LogP) is 11.7. The lowest BCUT2D eigenvalue weighted by molar-refractivity contribution is 0.936. The summed E-state index contributed by atoms with van der Waals surface area (Å²) in [5, 5.41) is 1.19. The molecule has 0 atom stereocenters. The molecule has 5 nitrogen and oxygen atoms in total. The van der Waals surface area contributed by atoms with Gasteiger partial charge in [0.05, 0.1) is 44.8 Å². The highest BCUT2D eigenvalue weighted by molar-refractivity contribution is 6.13. The molecule has 0 bridgehead atoms. The maximum atomic E-state index is 5.59. The van der Waals surface area contributed by atoms with E-state index in [0.717, 1.165) is 91.4 Å². The molecule has 53 heavy (non-hydrogen) atoms. The highest BCUT2D eigenvalue weighted by atomic mass is 15.1. The summed E-state index contributed by atoms with van der Waals surface area (Å²) in [4.78, 5) is 10.8. The van der Waals surface area contributed by atoms with Gasteiger partial charge in [0.25, 0.3) is 0 Å². The minimum absolute atomic E-state index is 0.927. The fraction of sp³-hybridized carbons (Fsp3) is 0.0417. The van der Waals surface area contributed by atoms with Crippen molar-refractivity contribution in [1.82, 2.24) is 23.3 Å². The monoisotopic (exact) mass is 679 g/mol. The Bertz CT molecular complexity index is 3020. The minimum atomic E-state index is 0.927. The molecule has 0 saturated carbocycles. The van der Waals surface area contributed by atoms with Crippen LogP contribution < -0.4 is 0 Å². The van der Waals surface area contributed by atoms with Gasteiger partial charge in [0, 0.05) is 33.3 Å². The highest BCUT2D eigenvalue weighted by Crippen LogP contribution is 2.44. The molecular weight excluding hydrogens is 647 g/mol. The van der Waals surface area contributed by atoms with Crippen LogP contribution in [0, 0.1) is 0 Å². The molecule has 4 heterocycles. The van der Waals surface area contributed by atoms with Gasteiger partial charge >= 0.3 is 0 Å². The number of allylic oxidation sites excluding steroid dienone is 1. The first-order valence-electron chi connectivity index (χ1n) is 18.2. The number of hydrogen-bond donors (Lipinski definition) is 0. The van der Waals surface area contributed by atoms with Gasteiger partial charge in [-0.1, -0.05) is 140 Å². The van der Waals surface area contributed by atoms with Gasteiger partial charge in [0.15, 0.2) is 5.65 Å². The quantitative estimate of drug-likeness (QED) is 0.182. The normalized spacial score (nSPS) is 12.7. The van der Waals surface area contributed by atoms with Crippen molar-refractivity contribution >= 4 is 39.2 Å². The van der Waals surface area contributed by atoms with E-state index >= 15 is 0 Å². The van der Waals surface area contributed by atoms with Gasteiger partial charge in [-0.3, -0.25) is 8.97 Å². The van der Waals surface area contributed by atoms with Gasteiger partial charge in [-0.25, -0.2) is 9.97 Å². The van der Waals surface area contributed by atoms with Crippen molar-refractivity contribution in [2.75, 3.05) is 0 Å². The molecule has 0 saturated heterocycles. The Morgan fingerprint density at radius 3 is 1.83 bits per heavy atom. The average molecular weight is 680 g/mol. The Kier molecular flexibility index (Phi) is 6.61. The highest BCUT2D eigenvalue weighted by Gasteiger charge is 2.26. The lowest BCUT2D eigenvalue weighted by Crippen LogP contribution is -2.01. The zero-order valence-corrected chi connectivity index (χ0v) is 28.9. The van der Waals surface area contributed by atoms with Crippen LogP contribution in [0.3, 0.4) is 0 Å². The standard InChI is InChI=1S/C48H33N5/c1-4-16-33(17-5-1)44-45(34-18-6-2-7-19-34)53-42-27-15-14-26-41(42)52-39-24-12-10-22-37(39)43(46(52)48(53)50-44)32-28-30-35(31-29-32)47-49-38-23-11-13-25-40(38)51(47)36-20-8-3-9-21-36/h1-10,12-22,24-31H,11,23H2. The lowest BCUT2D eigenvalue weighted by atomic mass is 10.0. The number of rotatable bonds is 5. The fourth-order valence-electron chi connectivity index (χ4n) is 8.38. The van der Waals surface area contributed by atoms with Crippen molar-refractivity contribution in [1.29, 1.82) is 0 Å². The van der Waals surface area contributed by atoms with Crippen molar-refractivity contribution < 1.29 is 0 Å². The van der Waals surface area contributed by atoms with Crippen LogP contribution >= 0.6 is 0 Å². The molecule has 0 spiro atoms. The van der Waals surface area contributed by atoms with E-state index in [1.54, 1.807) is 0 Å². The zero-order valence-electron chi connectivity index (χ0n) is 28.9. The van der Waals surface area contributed by atoms with E-state index in [2.05, 4.69) is 189 Å². The number of hydrogen-bond acceptors (Lipinski definition) is 2. The van der Waals surface area contributed by atoms with E-state index in [1.807, 2.05) is 0 Å². The van der Waals surface area contributed by atoms with E-state index in [0.29, 0.717) is 0 Å². The number of imidazole rings is 2. The molecule has 0 N–H and O–H groups in total. The largest absolute Gasteiger partial charge is 0.304 e. The number of para-hydroxylation sites is 4. The molecule has 5 heteroatoms. The van der Waals surface area contributed by atoms with Crippen LogP contribution in [-0.2, 0) is 6.42 Å².